The van der Waals surface area contributed by atoms with Crippen LogP contribution in [0.5, 0.6) is 0 Å². The maximum Gasteiger partial charge on any atom is 0.416 e. The third kappa shape index (κ3) is 4.00. The van der Waals surface area contributed by atoms with Crippen LogP contribution in [-0.4, -0.2) is 29.8 Å². The summed E-state index contributed by atoms with van der Waals surface area (Å²) in [7, 11) is 0. The Morgan fingerprint density at radius 3 is 2.84 bits per heavy atom. The summed E-state index contributed by atoms with van der Waals surface area (Å²) in [6.07, 6.45) is -1.19. The monoisotopic (exact) mass is 370 g/mol. The Balaban J connectivity index is 1.79. The number of halogens is 3. The molecule has 4 nitrogen and oxygen atoms in total. The number of carbonyl (C=O) groups is 2. The van der Waals surface area contributed by atoms with Crippen LogP contribution in [-0.2, 0) is 15.8 Å². The van der Waals surface area contributed by atoms with Gasteiger partial charge in [-0.25, -0.2) is 0 Å². The van der Waals surface area contributed by atoms with E-state index in [0.717, 1.165) is 36.7 Å². The molecule has 3 rings (SSSR count). The molecule has 1 N–H and O–H groups in total. The van der Waals surface area contributed by atoms with Crippen LogP contribution in [0.2, 0.25) is 0 Å². The second kappa shape index (κ2) is 6.74. The zero-order valence-corrected chi connectivity index (χ0v) is 14.3. The largest absolute Gasteiger partial charge is 0.416 e. The molecule has 1 saturated heterocycles. The number of piperidine rings is 1. The van der Waals surface area contributed by atoms with Crippen molar-refractivity contribution in [2.45, 2.75) is 30.8 Å². The van der Waals surface area contributed by atoms with Gasteiger partial charge in [-0.3, -0.25) is 9.59 Å². The number of thioether (sulfide) groups is 1. The molecular weight excluding hydrogens is 353 g/mol. The first kappa shape index (κ1) is 17.8. The van der Waals surface area contributed by atoms with Crippen LogP contribution >= 0.6 is 11.8 Å². The number of likely N-dealkylation sites (tertiary alicyclic amines) is 1. The summed E-state index contributed by atoms with van der Waals surface area (Å²) < 4.78 is 38.3. The van der Waals surface area contributed by atoms with Gasteiger partial charge in [-0.1, -0.05) is 18.7 Å². The number of fused-ring (bicyclic) bond motifs is 1. The highest BCUT2D eigenvalue weighted by Crippen LogP contribution is 2.41. The number of nitrogens with zero attached hydrogens (tertiary/aromatic N) is 1. The predicted octanol–water partition coefficient (Wildman–Crippen LogP) is 3.89. The number of hydrogen-bond donors (Lipinski definition) is 1. The van der Waals surface area contributed by atoms with Crippen molar-refractivity contribution in [1.82, 2.24) is 4.90 Å². The summed E-state index contributed by atoms with van der Waals surface area (Å²) in [5, 5.41) is 2.44. The lowest BCUT2D eigenvalue weighted by atomic mass is 10.0. The number of rotatable bonds is 1. The Hall–Kier alpha value is -1.96. The first-order chi connectivity index (χ1) is 11.7. The number of anilines is 1. The van der Waals surface area contributed by atoms with E-state index in [1.807, 2.05) is 0 Å². The third-order valence-electron chi connectivity index (χ3n) is 4.22. The number of alkyl halides is 3. The fraction of sp³-hybridized carbons (Fsp3) is 0.412. The summed E-state index contributed by atoms with van der Waals surface area (Å²) in [4.78, 5) is 26.9. The van der Waals surface area contributed by atoms with Gasteiger partial charge >= 0.3 is 6.18 Å². The molecule has 0 radical (unpaired) electrons. The minimum atomic E-state index is -4.47. The lowest BCUT2D eigenvalue weighted by Crippen LogP contribution is -2.38. The van der Waals surface area contributed by atoms with Crippen molar-refractivity contribution in [2.24, 2.45) is 5.92 Å². The van der Waals surface area contributed by atoms with Gasteiger partial charge in [-0.15, -0.1) is 0 Å². The minimum Gasteiger partial charge on any atom is -0.339 e. The van der Waals surface area contributed by atoms with E-state index in [4.69, 9.17) is 0 Å². The standard InChI is InChI=1S/C17H17F3N2O2S/c1-10-3-2-6-22(9-10)15(23)8-14-16(24)21-12-7-11(17(18,19)20)4-5-13(12)25-14/h4-5,7-8,10H,2-3,6,9H2,1H3,(H,21,24)/b14-8-/t10-/m0/s1. The lowest BCUT2D eigenvalue weighted by Gasteiger charge is -2.30. The highest BCUT2D eigenvalue weighted by Gasteiger charge is 2.33. The number of amides is 2. The van der Waals surface area contributed by atoms with E-state index in [-0.39, 0.29) is 16.5 Å². The van der Waals surface area contributed by atoms with E-state index in [0.29, 0.717) is 23.9 Å². The fourth-order valence-electron chi connectivity index (χ4n) is 2.93. The molecule has 0 bridgehead atoms. The zero-order valence-electron chi connectivity index (χ0n) is 13.5. The van der Waals surface area contributed by atoms with Crippen LogP contribution in [0.15, 0.2) is 34.1 Å². The third-order valence-corrected chi connectivity index (χ3v) is 5.32. The smallest absolute Gasteiger partial charge is 0.339 e. The Morgan fingerprint density at radius 1 is 1.40 bits per heavy atom. The molecule has 0 spiro atoms. The molecule has 0 aromatic heterocycles. The molecule has 2 heterocycles. The number of hydrogen-bond acceptors (Lipinski definition) is 3. The van der Waals surface area contributed by atoms with Gasteiger partial charge in [-0.2, -0.15) is 13.2 Å². The zero-order chi connectivity index (χ0) is 18.2. The quantitative estimate of drug-likeness (QED) is 0.763. The van der Waals surface area contributed by atoms with Crippen LogP contribution in [0.25, 0.3) is 0 Å². The molecule has 2 amide bonds. The summed E-state index contributed by atoms with van der Waals surface area (Å²) in [5.41, 5.74) is -0.709. The molecular formula is C17H17F3N2O2S. The Labute approximate surface area is 147 Å². The summed E-state index contributed by atoms with van der Waals surface area (Å²) in [6, 6.07) is 3.18. The van der Waals surface area contributed by atoms with Crippen LogP contribution in [0.4, 0.5) is 18.9 Å². The lowest BCUT2D eigenvalue weighted by molar-refractivity contribution is -0.137. The fourth-order valence-corrected chi connectivity index (χ4v) is 3.83. The maximum atomic E-state index is 12.8. The Morgan fingerprint density at radius 2 is 2.16 bits per heavy atom. The molecule has 2 aliphatic rings. The summed E-state index contributed by atoms with van der Waals surface area (Å²) in [5.74, 6) is -0.375. The van der Waals surface area contributed by atoms with Crippen molar-refractivity contribution in [3.05, 3.63) is 34.7 Å². The first-order valence-electron chi connectivity index (χ1n) is 7.95. The summed E-state index contributed by atoms with van der Waals surface area (Å²) >= 11 is 1.01. The van der Waals surface area contributed by atoms with Gasteiger partial charge in [0.1, 0.15) is 0 Å². The molecule has 0 unspecified atom stereocenters. The van der Waals surface area contributed by atoms with Crippen LogP contribution in [0.1, 0.15) is 25.3 Å². The van der Waals surface area contributed by atoms with Crippen molar-refractivity contribution in [3.63, 3.8) is 0 Å². The van der Waals surface area contributed by atoms with E-state index in [1.54, 1.807) is 4.90 Å². The van der Waals surface area contributed by atoms with Crippen molar-refractivity contribution < 1.29 is 22.8 Å². The van der Waals surface area contributed by atoms with E-state index >= 15 is 0 Å². The molecule has 1 aromatic rings. The van der Waals surface area contributed by atoms with Crippen molar-refractivity contribution in [2.75, 3.05) is 18.4 Å². The summed E-state index contributed by atoms with van der Waals surface area (Å²) in [6.45, 7) is 3.38. The van der Waals surface area contributed by atoms with Crippen LogP contribution in [0, 0.1) is 5.92 Å². The molecule has 1 atom stereocenters. The molecule has 134 valence electrons. The van der Waals surface area contributed by atoms with E-state index in [9.17, 15) is 22.8 Å². The van der Waals surface area contributed by atoms with Gasteiger partial charge in [0, 0.05) is 24.1 Å². The Bertz CT molecular complexity index is 746. The second-order valence-electron chi connectivity index (χ2n) is 6.31. The van der Waals surface area contributed by atoms with E-state index in [1.165, 1.54) is 12.1 Å². The predicted molar refractivity (Wildman–Crippen MR) is 89.0 cm³/mol. The van der Waals surface area contributed by atoms with Crippen LogP contribution in [0.3, 0.4) is 0 Å². The molecule has 2 aliphatic heterocycles. The number of benzene rings is 1. The second-order valence-corrected chi connectivity index (χ2v) is 7.39. The van der Waals surface area contributed by atoms with Gasteiger partial charge in [0.25, 0.3) is 5.91 Å². The van der Waals surface area contributed by atoms with E-state index < -0.39 is 17.6 Å². The van der Waals surface area contributed by atoms with Gasteiger partial charge < -0.3 is 10.2 Å². The van der Waals surface area contributed by atoms with Crippen molar-refractivity contribution in [3.8, 4) is 0 Å². The molecule has 0 saturated carbocycles. The highest BCUT2D eigenvalue weighted by molar-refractivity contribution is 8.04. The minimum absolute atomic E-state index is 0.112. The maximum absolute atomic E-state index is 12.8. The Kier molecular flexibility index (Phi) is 4.81. The van der Waals surface area contributed by atoms with Crippen molar-refractivity contribution in [1.29, 1.82) is 0 Å². The topological polar surface area (TPSA) is 49.4 Å². The molecule has 8 heteroatoms. The van der Waals surface area contributed by atoms with Gasteiger partial charge in [0.15, 0.2) is 0 Å². The molecule has 1 aromatic carbocycles. The van der Waals surface area contributed by atoms with Gasteiger partial charge in [0.05, 0.1) is 16.2 Å². The van der Waals surface area contributed by atoms with E-state index in [2.05, 4.69) is 12.2 Å². The highest BCUT2D eigenvalue weighted by atomic mass is 32.2. The number of carbonyl (C=O) groups excluding carboxylic acids is 2. The normalized spacial score (nSPS) is 22.6. The van der Waals surface area contributed by atoms with Crippen molar-refractivity contribution >= 4 is 29.3 Å². The average molecular weight is 370 g/mol. The number of nitrogens with one attached hydrogen (secondary N) is 1. The van der Waals surface area contributed by atoms with Gasteiger partial charge in [-0.05, 0) is 37.0 Å². The molecule has 25 heavy (non-hydrogen) atoms. The molecule has 1 fully saturated rings. The molecule has 0 aliphatic carbocycles. The first-order valence-corrected chi connectivity index (χ1v) is 8.77. The SMILES string of the molecule is C[C@H]1CCCN(C(=O)/C=C2\Sc3ccc(C(F)(F)F)cc3NC2=O)C1. The average Bonchev–Trinajstić information content (AvgIpc) is 2.54. The van der Waals surface area contributed by atoms with Crippen LogP contribution < -0.4 is 5.32 Å². The van der Waals surface area contributed by atoms with Gasteiger partial charge in [0.2, 0.25) is 5.91 Å².